The number of hydrogen-bond acceptors (Lipinski definition) is 4. The smallest absolute Gasteiger partial charge is 0.317 e. The summed E-state index contributed by atoms with van der Waals surface area (Å²) in [5, 5.41) is 21.6. The van der Waals surface area contributed by atoms with Crippen molar-refractivity contribution in [2.75, 3.05) is 26.2 Å². The molecule has 0 aromatic heterocycles. The standard InChI is InChI=1S/C6H12N2O4.Zn/c9-5(10)3-7-1-2-8-4-6(11)12;/h7-8H,1-4H2,(H,9,10)(H,11,12);. The van der Waals surface area contributed by atoms with Crippen LogP contribution in [0.5, 0.6) is 0 Å². The molecule has 0 aliphatic carbocycles. The molecule has 0 fully saturated rings. The van der Waals surface area contributed by atoms with E-state index in [-0.39, 0.29) is 32.6 Å². The number of rotatable bonds is 7. The Balaban J connectivity index is 0. The van der Waals surface area contributed by atoms with E-state index in [0.29, 0.717) is 13.1 Å². The summed E-state index contributed by atoms with van der Waals surface area (Å²) in [6, 6.07) is 0. The fourth-order valence-electron chi connectivity index (χ4n) is 0.567. The Bertz CT molecular complexity index is 147. The van der Waals surface area contributed by atoms with Crippen LogP contribution in [-0.4, -0.2) is 48.3 Å². The molecular formula is C6H12N2O4Zn. The molecule has 0 aromatic carbocycles. The van der Waals surface area contributed by atoms with Crippen molar-refractivity contribution in [3.8, 4) is 0 Å². The molecule has 0 aliphatic rings. The van der Waals surface area contributed by atoms with Crippen molar-refractivity contribution in [1.82, 2.24) is 10.6 Å². The molecular weight excluding hydrogens is 229 g/mol. The van der Waals surface area contributed by atoms with Gasteiger partial charge in [-0.05, 0) is 0 Å². The fraction of sp³-hybridized carbons (Fsp3) is 0.667. The number of carboxylic acids is 2. The maximum Gasteiger partial charge on any atom is 0.317 e. The van der Waals surface area contributed by atoms with Gasteiger partial charge in [0.25, 0.3) is 0 Å². The quantitative estimate of drug-likeness (QED) is 0.314. The second-order valence-corrected chi connectivity index (χ2v) is 2.14. The predicted molar refractivity (Wildman–Crippen MR) is 41.0 cm³/mol. The van der Waals surface area contributed by atoms with Crippen molar-refractivity contribution in [3.63, 3.8) is 0 Å². The van der Waals surface area contributed by atoms with E-state index < -0.39 is 11.9 Å². The van der Waals surface area contributed by atoms with Crippen LogP contribution in [0.15, 0.2) is 0 Å². The zero-order chi connectivity index (χ0) is 9.40. The summed E-state index contributed by atoms with van der Waals surface area (Å²) >= 11 is 0. The molecule has 0 aromatic rings. The van der Waals surface area contributed by atoms with E-state index in [1.165, 1.54) is 0 Å². The molecule has 4 N–H and O–H groups in total. The summed E-state index contributed by atoms with van der Waals surface area (Å²) in [6.45, 7) is 0.683. The van der Waals surface area contributed by atoms with Gasteiger partial charge in [-0.2, -0.15) is 0 Å². The SMILES string of the molecule is O=C(O)CNCCNCC(=O)O.[Zn]. The average Bonchev–Trinajstić information content (AvgIpc) is 1.95. The van der Waals surface area contributed by atoms with Gasteiger partial charge in [0, 0.05) is 32.6 Å². The van der Waals surface area contributed by atoms with E-state index in [1.807, 2.05) is 0 Å². The minimum atomic E-state index is -0.923. The number of carboxylic acid groups (broad SMARTS) is 2. The van der Waals surface area contributed by atoms with Gasteiger partial charge in [-0.3, -0.25) is 9.59 Å². The molecule has 0 atom stereocenters. The van der Waals surface area contributed by atoms with E-state index in [4.69, 9.17) is 10.2 Å². The molecule has 0 bridgehead atoms. The largest absolute Gasteiger partial charge is 0.480 e. The van der Waals surface area contributed by atoms with Crippen molar-refractivity contribution in [3.05, 3.63) is 0 Å². The van der Waals surface area contributed by atoms with Gasteiger partial charge in [0.2, 0.25) is 0 Å². The molecule has 0 saturated heterocycles. The number of aliphatic carboxylic acids is 2. The fourth-order valence-corrected chi connectivity index (χ4v) is 0.567. The molecule has 6 nitrogen and oxygen atoms in total. The normalized spacial score (nSPS) is 8.92. The van der Waals surface area contributed by atoms with Crippen LogP contribution < -0.4 is 10.6 Å². The van der Waals surface area contributed by atoms with Crippen molar-refractivity contribution in [2.24, 2.45) is 0 Å². The minimum Gasteiger partial charge on any atom is -0.480 e. The first-order valence-electron chi connectivity index (χ1n) is 3.48. The summed E-state index contributed by atoms with van der Waals surface area (Å²) in [4.78, 5) is 19.9. The topological polar surface area (TPSA) is 98.7 Å². The summed E-state index contributed by atoms with van der Waals surface area (Å²) in [5.41, 5.74) is 0. The predicted octanol–water partition coefficient (Wildman–Crippen LogP) is -1.67. The van der Waals surface area contributed by atoms with Gasteiger partial charge < -0.3 is 20.8 Å². The first kappa shape index (κ1) is 15.0. The molecule has 0 spiro atoms. The van der Waals surface area contributed by atoms with Gasteiger partial charge in [0.05, 0.1) is 13.1 Å². The second kappa shape index (κ2) is 9.57. The molecule has 0 rings (SSSR count). The number of nitrogens with one attached hydrogen (secondary N) is 2. The first-order chi connectivity index (χ1) is 5.63. The van der Waals surface area contributed by atoms with Crippen molar-refractivity contribution >= 4 is 11.9 Å². The van der Waals surface area contributed by atoms with Crippen molar-refractivity contribution in [1.29, 1.82) is 0 Å². The third kappa shape index (κ3) is 14.4. The maximum absolute atomic E-state index is 9.96. The van der Waals surface area contributed by atoms with Gasteiger partial charge >= 0.3 is 11.9 Å². The monoisotopic (exact) mass is 240 g/mol. The molecule has 0 amide bonds. The zero-order valence-electron chi connectivity index (χ0n) is 7.25. The van der Waals surface area contributed by atoms with Gasteiger partial charge in [-0.25, -0.2) is 0 Å². The Hall–Kier alpha value is -0.517. The zero-order valence-corrected chi connectivity index (χ0v) is 10.2. The van der Waals surface area contributed by atoms with Crippen molar-refractivity contribution < 1.29 is 39.3 Å². The Kier molecular flexibility index (Phi) is 11.0. The number of hydrogen-bond donors (Lipinski definition) is 4. The van der Waals surface area contributed by atoms with Crippen LogP contribution in [0.3, 0.4) is 0 Å². The molecule has 0 unspecified atom stereocenters. The Labute approximate surface area is 88.5 Å². The van der Waals surface area contributed by atoms with Gasteiger partial charge in [0.1, 0.15) is 0 Å². The molecule has 0 heterocycles. The third-order valence-electron chi connectivity index (χ3n) is 1.03. The molecule has 7 heteroatoms. The second-order valence-electron chi connectivity index (χ2n) is 2.14. The van der Waals surface area contributed by atoms with E-state index >= 15 is 0 Å². The summed E-state index contributed by atoms with van der Waals surface area (Å²) < 4.78 is 0. The minimum absolute atomic E-state index is 0. The van der Waals surface area contributed by atoms with Crippen LogP contribution in [0.25, 0.3) is 0 Å². The Morgan fingerprint density at radius 1 is 0.923 bits per heavy atom. The van der Waals surface area contributed by atoms with Crippen LogP contribution in [-0.2, 0) is 29.1 Å². The Morgan fingerprint density at radius 3 is 1.46 bits per heavy atom. The van der Waals surface area contributed by atoms with Crippen LogP contribution in [0.2, 0.25) is 0 Å². The number of carbonyl (C=O) groups is 2. The van der Waals surface area contributed by atoms with Gasteiger partial charge in [0.15, 0.2) is 0 Å². The molecule has 0 aliphatic heterocycles. The molecule has 13 heavy (non-hydrogen) atoms. The summed E-state index contributed by atoms with van der Waals surface area (Å²) in [5.74, 6) is -1.85. The van der Waals surface area contributed by atoms with Crippen LogP contribution in [0.1, 0.15) is 0 Å². The van der Waals surface area contributed by atoms with E-state index in [9.17, 15) is 9.59 Å². The first-order valence-corrected chi connectivity index (χ1v) is 3.48. The van der Waals surface area contributed by atoms with E-state index in [1.54, 1.807) is 0 Å². The van der Waals surface area contributed by atoms with Crippen LogP contribution in [0, 0.1) is 0 Å². The van der Waals surface area contributed by atoms with Gasteiger partial charge in [-0.15, -0.1) is 0 Å². The average molecular weight is 242 g/mol. The van der Waals surface area contributed by atoms with E-state index in [0.717, 1.165) is 0 Å². The summed E-state index contributed by atoms with van der Waals surface area (Å²) in [6.07, 6.45) is 0. The third-order valence-corrected chi connectivity index (χ3v) is 1.03. The molecule has 0 saturated carbocycles. The molecule has 0 radical (unpaired) electrons. The van der Waals surface area contributed by atoms with Crippen molar-refractivity contribution in [2.45, 2.75) is 0 Å². The van der Waals surface area contributed by atoms with Crippen LogP contribution in [0.4, 0.5) is 0 Å². The van der Waals surface area contributed by atoms with E-state index in [2.05, 4.69) is 10.6 Å². The van der Waals surface area contributed by atoms with Gasteiger partial charge in [-0.1, -0.05) is 0 Å². The Morgan fingerprint density at radius 2 is 1.23 bits per heavy atom. The molecule has 72 valence electrons. The maximum atomic E-state index is 9.96. The summed E-state index contributed by atoms with van der Waals surface area (Å²) in [7, 11) is 0. The van der Waals surface area contributed by atoms with Crippen LogP contribution >= 0.6 is 0 Å².